The summed E-state index contributed by atoms with van der Waals surface area (Å²) >= 11 is 5.93. The van der Waals surface area contributed by atoms with Gasteiger partial charge in [0, 0.05) is 18.2 Å². The highest BCUT2D eigenvalue weighted by atomic mass is 35.5. The Bertz CT molecular complexity index is 496. The first-order valence-corrected chi connectivity index (χ1v) is 8.16. The number of phenolic OH excluding ortho intramolecular Hbond substituents is 1. The molecule has 1 aromatic rings. The van der Waals surface area contributed by atoms with Crippen LogP contribution in [0.1, 0.15) is 56.3 Å². The largest absolute Gasteiger partial charge is 0.506 e. The van der Waals surface area contributed by atoms with Gasteiger partial charge in [0.2, 0.25) is 0 Å². The van der Waals surface area contributed by atoms with Gasteiger partial charge in [-0.05, 0) is 43.4 Å². The first kappa shape index (κ1) is 16.2. The number of halogens is 1. The van der Waals surface area contributed by atoms with Crippen molar-refractivity contribution in [2.24, 2.45) is 5.92 Å². The Hall–Kier alpha value is -1.22. The second kappa shape index (κ2) is 7.17. The molecule has 2 rings (SSSR count). The fourth-order valence-corrected chi connectivity index (χ4v) is 3.05. The lowest BCUT2D eigenvalue weighted by molar-refractivity contribution is 0.0672. The van der Waals surface area contributed by atoms with E-state index in [-0.39, 0.29) is 16.7 Å². The van der Waals surface area contributed by atoms with Crippen LogP contribution in [0.2, 0.25) is 5.02 Å². The molecule has 1 aromatic carbocycles. The number of hydrogen-bond donors (Lipinski definition) is 1. The normalized spacial score (nSPS) is 15.6. The summed E-state index contributed by atoms with van der Waals surface area (Å²) in [6, 6.07) is 5.06. The molecule has 0 heterocycles. The number of hydrogen-bond acceptors (Lipinski definition) is 2. The molecule has 1 fully saturated rings. The molecule has 1 amide bonds. The first-order valence-electron chi connectivity index (χ1n) is 7.78. The molecular formula is C17H24ClNO2. The molecule has 21 heavy (non-hydrogen) atoms. The second-order valence-corrected chi connectivity index (χ2v) is 6.69. The average molecular weight is 310 g/mol. The zero-order valence-electron chi connectivity index (χ0n) is 12.8. The quantitative estimate of drug-likeness (QED) is 0.871. The topological polar surface area (TPSA) is 40.5 Å². The Balaban J connectivity index is 2.17. The van der Waals surface area contributed by atoms with E-state index in [9.17, 15) is 9.90 Å². The minimum absolute atomic E-state index is 0.0165. The average Bonchev–Trinajstić information content (AvgIpc) is 2.95. The minimum atomic E-state index is 0.0165. The monoisotopic (exact) mass is 309 g/mol. The van der Waals surface area contributed by atoms with Crippen LogP contribution in [0.15, 0.2) is 18.2 Å². The van der Waals surface area contributed by atoms with Crippen molar-refractivity contribution in [3.8, 4) is 5.75 Å². The fourth-order valence-electron chi connectivity index (χ4n) is 2.87. The van der Waals surface area contributed by atoms with Gasteiger partial charge < -0.3 is 10.0 Å². The number of carbonyl (C=O) groups is 1. The van der Waals surface area contributed by atoms with Crippen molar-refractivity contribution in [3.05, 3.63) is 28.8 Å². The van der Waals surface area contributed by atoms with Gasteiger partial charge in [-0.2, -0.15) is 0 Å². The Morgan fingerprint density at radius 3 is 2.62 bits per heavy atom. The lowest BCUT2D eigenvalue weighted by Crippen LogP contribution is -2.40. The third kappa shape index (κ3) is 4.13. The maximum Gasteiger partial charge on any atom is 0.254 e. The van der Waals surface area contributed by atoms with Crippen LogP contribution >= 0.6 is 11.6 Å². The van der Waals surface area contributed by atoms with Crippen molar-refractivity contribution in [2.45, 2.75) is 52.0 Å². The summed E-state index contributed by atoms with van der Waals surface area (Å²) in [4.78, 5) is 14.8. The molecule has 0 atom stereocenters. The van der Waals surface area contributed by atoms with Crippen molar-refractivity contribution in [1.82, 2.24) is 4.90 Å². The number of rotatable bonds is 5. The smallest absolute Gasteiger partial charge is 0.254 e. The third-order valence-corrected chi connectivity index (χ3v) is 4.47. The standard InChI is InChI=1S/C17H24ClNO2/c1-12(2)9-10-19(14-5-3-4-6-14)17(21)13-7-8-16(20)15(18)11-13/h7-8,11-12,14,20H,3-6,9-10H2,1-2H3. The predicted octanol–water partition coefficient (Wildman–Crippen LogP) is 4.48. The Kier molecular flexibility index (Phi) is 5.51. The highest BCUT2D eigenvalue weighted by Crippen LogP contribution is 2.28. The molecule has 1 aliphatic rings. The molecule has 1 N–H and O–H groups in total. The first-order chi connectivity index (χ1) is 9.99. The summed E-state index contributed by atoms with van der Waals surface area (Å²) in [5.41, 5.74) is 0.563. The Morgan fingerprint density at radius 1 is 1.38 bits per heavy atom. The summed E-state index contributed by atoms with van der Waals surface area (Å²) in [6.07, 6.45) is 5.60. The fraction of sp³-hybridized carbons (Fsp3) is 0.588. The van der Waals surface area contributed by atoms with E-state index in [1.807, 2.05) is 4.90 Å². The van der Waals surface area contributed by atoms with Gasteiger partial charge in [0.25, 0.3) is 5.91 Å². The van der Waals surface area contributed by atoms with Crippen molar-refractivity contribution in [2.75, 3.05) is 6.54 Å². The van der Waals surface area contributed by atoms with E-state index in [1.165, 1.54) is 18.9 Å². The van der Waals surface area contributed by atoms with E-state index in [0.29, 0.717) is 17.5 Å². The van der Waals surface area contributed by atoms with Crippen molar-refractivity contribution in [1.29, 1.82) is 0 Å². The van der Waals surface area contributed by atoms with Crippen LogP contribution < -0.4 is 0 Å². The molecule has 1 aliphatic carbocycles. The zero-order chi connectivity index (χ0) is 15.4. The van der Waals surface area contributed by atoms with Crippen LogP contribution in [-0.2, 0) is 0 Å². The molecule has 3 nitrogen and oxygen atoms in total. The summed E-state index contributed by atoms with van der Waals surface area (Å²) in [6.45, 7) is 5.14. The molecule has 4 heteroatoms. The summed E-state index contributed by atoms with van der Waals surface area (Å²) in [5, 5.41) is 9.73. The van der Waals surface area contributed by atoms with Crippen LogP contribution in [0, 0.1) is 5.92 Å². The molecular weight excluding hydrogens is 286 g/mol. The van der Waals surface area contributed by atoms with Gasteiger partial charge in [-0.1, -0.05) is 38.3 Å². The van der Waals surface area contributed by atoms with Crippen LogP contribution in [-0.4, -0.2) is 28.5 Å². The summed E-state index contributed by atoms with van der Waals surface area (Å²) in [5.74, 6) is 0.623. The molecule has 0 bridgehead atoms. The van der Waals surface area contributed by atoms with E-state index in [4.69, 9.17) is 11.6 Å². The van der Waals surface area contributed by atoms with Crippen molar-refractivity contribution < 1.29 is 9.90 Å². The second-order valence-electron chi connectivity index (χ2n) is 6.29. The lowest BCUT2D eigenvalue weighted by Gasteiger charge is -2.30. The Labute approximate surface area is 131 Å². The number of phenols is 1. The molecule has 0 saturated heterocycles. The minimum Gasteiger partial charge on any atom is -0.506 e. The third-order valence-electron chi connectivity index (χ3n) is 4.17. The molecule has 1 saturated carbocycles. The molecule has 116 valence electrons. The van der Waals surface area contributed by atoms with Gasteiger partial charge in [0.15, 0.2) is 0 Å². The van der Waals surface area contributed by atoms with E-state index in [0.717, 1.165) is 25.8 Å². The van der Waals surface area contributed by atoms with Crippen molar-refractivity contribution >= 4 is 17.5 Å². The van der Waals surface area contributed by atoms with Crippen LogP contribution in [0.5, 0.6) is 5.75 Å². The highest BCUT2D eigenvalue weighted by Gasteiger charge is 2.27. The molecule has 0 aromatic heterocycles. The van der Waals surface area contributed by atoms with Gasteiger partial charge >= 0.3 is 0 Å². The van der Waals surface area contributed by atoms with Crippen LogP contribution in [0.3, 0.4) is 0 Å². The number of amides is 1. The van der Waals surface area contributed by atoms with E-state index in [2.05, 4.69) is 13.8 Å². The van der Waals surface area contributed by atoms with Gasteiger partial charge in [-0.25, -0.2) is 0 Å². The molecule has 0 radical (unpaired) electrons. The summed E-state index contributed by atoms with van der Waals surface area (Å²) < 4.78 is 0. The van der Waals surface area contributed by atoms with Crippen molar-refractivity contribution in [3.63, 3.8) is 0 Å². The number of benzene rings is 1. The maximum atomic E-state index is 12.8. The SMILES string of the molecule is CC(C)CCN(C(=O)c1ccc(O)c(Cl)c1)C1CCCC1. The van der Waals surface area contributed by atoms with Crippen LogP contribution in [0.25, 0.3) is 0 Å². The number of carbonyl (C=O) groups excluding carboxylic acids is 1. The van der Waals surface area contributed by atoms with Gasteiger partial charge in [-0.3, -0.25) is 4.79 Å². The summed E-state index contributed by atoms with van der Waals surface area (Å²) in [7, 11) is 0. The van der Waals surface area contributed by atoms with Gasteiger partial charge in [-0.15, -0.1) is 0 Å². The van der Waals surface area contributed by atoms with E-state index >= 15 is 0 Å². The zero-order valence-corrected chi connectivity index (χ0v) is 13.6. The molecule has 0 unspecified atom stereocenters. The Morgan fingerprint density at radius 2 is 2.05 bits per heavy atom. The van der Waals surface area contributed by atoms with Gasteiger partial charge in [0.1, 0.15) is 5.75 Å². The molecule has 0 aliphatic heterocycles. The number of nitrogens with zero attached hydrogens (tertiary/aromatic N) is 1. The predicted molar refractivity (Wildman–Crippen MR) is 85.9 cm³/mol. The highest BCUT2D eigenvalue weighted by molar-refractivity contribution is 6.32. The maximum absolute atomic E-state index is 12.8. The molecule has 0 spiro atoms. The van der Waals surface area contributed by atoms with Gasteiger partial charge in [0.05, 0.1) is 5.02 Å². The lowest BCUT2D eigenvalue weighted by atomic mass is 10.1. The van der Waals surface area contributed by atoms with E-state index < -0.39 is 0 Å². The van der Waals surface area contributed by atoms with Crippen LogP contribution in [0.4, 0.5) is 0 Å². The van der Waals surface area contributed by atoms with E-state index in [1.54, 1.807) is 12.1 Å². The number of aromatic hydroxyl groups is 1.